The van der Waals surface area contributed by atoms with Crippen LogP contribution in [0, 0.1) is 17.7 Å². The second-order valence-corrected chi connectivity index (χ2v) is 11.6. The van der Waals surface area contributed by atoms with Gasteiger partial charge in [-0.25, -0.2) is 4.39 Å². The van der Waals surface area contributed by atoms with Gasteiger partial charge in [0.2, 0.25) is 0 Å². The van der Waals surface area contributed by atoms with E-state index in [1.807, 2.05) is 12.1 Å². The molecule has 0 radical (unpaired) electrons. The van der Waals surface area contributed by atoms with E-state index >= 15 is 0 Å². The van der Waals surface area contributed by atoms with E-state index < -0.39 is 11.7 Å². The number of nitrogens with zero attached hydrogens (tertiary/aromatic N) is 3. The lowest BCUT2D eigenvalue weighted by Crippen LogP contribution is -2.35. The summed E-state index contributed by atoms with van der Waals surface area (Å²) in [6.07, 6.45) is 13.0. The maximum atomic E-state index is 14.4. The molecule has 0 bridgehead atoms. The van der Waals surface area contributed by atoms with Crippen molar-refractivity contribution in [1.82, 2.24) is 0 Å². The fourth-order valence-electron chi connectivity index (χ4n) is 6.94. The van der Waals surface area contributed by atoms with Gasteiger partial charge in [0.25, 0.3) is 5.91 Å². The topological polar surface area (TPSA) is 74.6 Å². The molecule has 1 amide bonds. The van der Waals surface area contributed by atoms with Crippen LogP contribution >= 0.6 is 0 Å². The van der Waals surface area contributed by atoms with Gasteiger partial charge < -0.3 is 24.5 Å². The molecule has 1 N–H and O–H groups in total. The molecule has 2 heterocycles. The molecule has 0 unspecified atom stereocenters. The van der Waals surface area contributed by atoms with Gasteiger partial charge >= 0.3 is 0 Å². The van der Waals surface area contributed by atoms with Gasteiger partial charge in [-0.1, -0.05) is 43.7 Å². The number of ether oxygens (including phenoxy) is 2. The van der Waals surface area contributed by atoms with Crippen molar-refractivity contribution in [1.29, 1.82) is 0 Å². The van der Waals surface area contributed by atoms with Crippen LogP contribution in [0.2, 0.25) is 0 Å². The monoisotopic (exact) mass is 535 g/mol. The van der Waals surface area contributed by atoms with Gasteiger partial charge in [-0.2, -0.15) is 0 Å². The Labute approximate surface area is 229 Å². The average molecular weight is 536 g/mol. The van der Waals surface area contributed by atoms with Gasteiger partial charge in [0.05, 0.1) is 18.8 Å². The third-order valence-electron chi connectivity index (χ3n) is 8.93. The van der Waals surface area contributed by atoms with Gasteiger partial charge in [0, 0.05) is 35.5 Å². The highest BCUT2D eigenvalue weighted by molar-refractivity contribution is 6.54. The number of amides is 1. The normalized spacial score (nSPS) is 21.1. The summed E-state index contributed by atoms with van der Waals surface area (Å²) in [4.78, 5) is 17.5. The molecule has 2 saturated carbocycles. The van der Waals surface area contributed by atoms with Gasteiger partial charge in [0.15, 0.2) is 12.5 Å². The number of benzene rings is 2. The van der Waals surface area contributed by atoms with Crippen molar-refractivity contribution in [3.63, 3.8) is 0 Å². The molecule has 4 aliphatic rings. The fourth-order valence-corrected chi connectivity index (χ4v) is 6.94. The number of anilines is 2. The van der Waals surface area contributed by atoms with Crippen molar-refractivity contribution in [2.45, 2.75) is 77.4 Å². The molecule has 7 nitrogen and oxygen atoms in total. The first kappa shape index (κ1) is 26.1. The number of oxime groups is 1. The van der Waals surface area contributed by atoms with Gasteiger partial charge in [-0.05, 0) is 67.9 Å². The lowest BCUT2D eigenvalue weighted by Gasteiger charge is -2.35. The first-order chi connectivity index (χ1) is 19.1. The van der Waals surface area contributed by atoms with E-state index in [0.29, 0.717) is 40.0 Å². The number of carbonyl (C=O) groups is 1. The number of halogens is 1. The Morgan fingerprint density at radius 3 is 2.33 bits per heavy atom. The highest BCUT2D eigenvalue weighted by atomic mass is 19.1. The maximum Gasteiger partial charge on any atom is 0.281 e. The molecule has 2 aromatic carbocycles. The molecule has 0 atom stereocenters. The van der Waals surface area contributed by atoms with E-state index in [4.69, 9.17) is 9.47 Å². The molecule has 2 aliphatic carbocycles. The molecule has 6 rings (SSSR count). The van der Waals surface area contributed by atoms with Crippen LogP contribution in [0.25, 0.3) is 0 Å². The van der Waals surface area contributed by atoms with Crippen LogP contribution < -0.4 is 14.5 Å². The molecule has 2 aromatic rings. The molecule has 39 heavy (non-hydrogen) atoms. The number of hydrogen-bond donors (Lipinski definition) is 1. The summed E-state index contributed by atoms with van der Waals surface area (Å²) in [5.74, 6) is 1.11. The Morgan fingerprint density at radius 1 is 0.974 bits per heavy atom. The second kappa shape index (κ2) is 11.5. The standard InChI is InChI=1S/C31H38FN3O4/c32-25-13-23(30-24(14-25)19-38-20-39-30)18-35-28-12-11-26(15-27(28)29(33-37)31(35)36)34(16-21-7-3-1-4-8-21)17-22-9-5-2-6-10-22/h11-15,21-22,37H,1-10,16-20H2/b33-29-. The average Bonchev–Trinajstić information content (AvgIpc) is 3.23. The Hall–Kier alpha value is -3.13. The first-order valence-electron chi connectivity index (χ1n) is 14.6. The van der Waals surface area contributed by atoms with Gasteiger partial charge in [-0.15, -0.1) is 0 Å². The molecule has 208 valence electrons. The van der Waals surface area contributed by atoms with E-state index in [1.54, 1.807) is 4.90 Å². The SMILES string of the molecule is O=C1/C(=N\O)c2cc(N(CC3CCCCC3)CC3CCCCC3)ccc2N1Cc1cc(F)cc2c1OCOC2. The lowest BCUT2D eigenvalue weighted by molar-refractivity contribution is -0.112. The number of carbonyl (C=O) groups excluding carboxylic acids is 1. The van der Waals surface area contributed by atoms with Crippen LogP contribution in [0.3, 0.4) is 0 Å². The quantitative estimate of drug-likeness (QED) is 0.329. The van der Waals surface area contributed by atoms with E-state index in [9.17, 15) is 14.4 Å². The maximum absolute atomic E-state index is 14.4. The predicted molar refractivity (Wildman–Crippen MR) is 148 cm³/mol. The number of fused-ring (bicyclic) bond motifs is 2. The summed E-state index contributed by atoms with van der Waals surface area (Å²) >= 11 is 0. The lowest BCUT2D eigenvalue weighted by atomic mass is 9.86. The van der Waals surface area contributed by atoms with Crippen LogP contribution in [0.1, 0.15) is 80.9 Å². The molecule has 2 aliphatic heterocycles. The summed E-state index contributed by atoms with van der Waals surface area (Å²) < 4.78 is 25.4. The smallest absolute Gasteiger partial charge is 0.281 e. The van der Waals surface area contributed by atoms with E-state index in [0.717, 1.165) is 18.8 Å². The minimum atomic E-state index is -0.405. The fraction of sp³-hybridized carbons (Fsp3) is 0.548. The zero-order valence-electron chi connectivity index (χ0n) is 22.5. The summed E-state index contributed by atoms with van der Waals surface area (Å²) in [5.41, 5.74) is 3.56. The zero-order valence-corrected chi connectivity index (χ0v) is 22.5. The molecular weight excluding hydrogens is 497 g/mol. The van der Waals surface area contributed by atoms with E-state index in [2.05, 4.69) is 16.1 Å². The second-order valence-electron chi connectivity index (χ2n) is 11.6. The highest BCUT2D eigenvalue weighted by Gasteiger charge is 2.36. The third-order valence-corrected chi connectivity index (χ3v) is 8.93. The zero-order chi connectivity index (χ0) is 26.8. The minimum Gasteiger partial charge on any atom is -0.467 e. The molecule has 0 saturated heterocycles. The predicted octanol–water partition coefficient (Wildman–Crippen LogP) is 6.38. The summed E-state index contributed by atoms with van der Waals surface area (Å²) in [7, 11) is 0. The Morgan fingerprint density at radius 2 is 1.67 bits per heavy atom. The van der Waals surface area contributed by atoms with Gasteiger partial charge in [0.1, 0.15) is 11.6 Å². The van der Waals surface area contributed by atoms with Crippen molar-refractivity contribution in [2.75, 3.05) is 29.7 Å². The molecular formula is C31H38FN3O4. The van der Waals surface area contributed by atoms with Crippen LogP contribution in [0.5, 0.6) is 5.75 Å². The van der Waals surface area contributed by atoms with Crippen molar-refractivity contribution in [2.24, 2.45) is 17.0 Å². The Kier molecular flexibility index (Phi) is 7.73. The molecule has 2 fully saturated rings. The minimum absolute atomic E-state index is 0.0247. The van der Waals surface area contributed by atoms with E-state index in [-0.39, 0.29) is 25.7 Å². The highest BCUT2D eigenvalue weighted by Crippen LogP contribution is 2.38. The van der Waals surface area contributed by atoms with E-state index in [1.165, 1.54) is 76.3 Å². The van der Waals surface area contributed by atoms with Crippen LogP contribution in [0.4, 0.5) is 15.8 Å². The van der Waals surface area contributed by atoms with Gasteiger partial charge in [-0.3, -0.25) is 4.79 Å². The molecule has 8 heteroatoms. The van der Waals surface area contributed by atoms with Crippen molar-refractivity contribution >= 4 is 23.0 Å². The van der Waals surface area contributed by atoms with Crippen molar-refractivity contribution in [3.05, 3.63) is 52.8 Å². The Balaban J connectivity index is 1.30. The largest absolute Gasteiger partial charge is 0.467 e. The molecule has 0 spiro atoms. The number of hydrogen-bond acceptors (Lipinski definition) is 6. The number of rotatable bonds is 7. The third kappa shape index (κ3) is 5.49. The van der Waals surface area contributed by atoms with Crippen molar-refractivity contribution in [3.8, 4) is 5.75 Å². The Bertz CT molecular complexity index is 1220. The van der Waals surface area contributed by atoms with Crippen LogP contribution in [-0.2, 0) is 22.7 Å². The van der Waals surface area contributed by atoms with Crippen molar-refractivity contribution < 1.29 is 23.9 Å². The van der Waals surface area contributed by atoms with Crippen LogP contribution in [0.15, 0.2) is 35.5 Å². The molecule has 0 aromatic heterocycles. The van der Waals surface area contributed by atoms with Crippen LogP contribution in [-0.4, -0.2) is 36.7 Å². The first-order valence-corrected chi connectivity index (χ1v) is 14.6. The summed E-state index contributed by atoms with van der Waals surface area (Å²) in [6.45, 7) is 2.49. The summed E-state index contributed by atoms with van der Waals surface area (Å²) in [5, 5.41) is 13.3. The summed E-state index contributed by atoms with van der Waals surface area (Å²) in [6, 6.07) is 8.86.